The van der Waals surface area contributed by atoms with Crippen LogP contribution in [0.15, 0.2) is 4.52 Å². The largest absolute Gasteiger partial charge is 0.361 e. The highest BCUT2D eigenvalue weighted by atomic mass is 32.2. The fourth-order valence-corrected chi connectivity index (χ4v) is 2.53. The third-order valence-corrected chi connectivity index (χ3v) is 3.60. The zero-order valence-corrected chi connectivity index (χ0v) is 11.2. The lowest BCUT2D eigenvalue weighted by molar-refractivity contribution is -0.127. The second kappa shape index (κ2) is 5.39. The number of thioether (sulfide) groups is 1. The Morgan fingerprint density at radius 2 is 2.12 bits per heavy atom. The molecule has 0 saturated carbocycles. The van der Waals surface area contributed by atoms with Gasteiger partial charge in [0.2, 0.25) is 5.91 Å². The molecule has 1 amide bonds. The van der Waals surface area contributed by atoms with Gasteiger partial charge >= 0.3 is 0 Å². The number of aryl methyl sites for hydroxylation is 2. The number of amides is 1. The van der Waals surface area contributed by atoms with Crippen LogP contribution in [-0.2, 0) is 10.5 Å². The van der Waals surface area contributed by atoms with E-state index in [9.17, 15) is 4.79 Å². The first-order valence-corrected chi connectivity index (χ1v) is 6.23. The minimum absolute atomic E-state index is 0.0382. The van der Waals surface area contributed by atoms with Crippen LogP contribution in [0.2, 0.25) is 0 Å². The number of aromatic nitrogens is 1. The van der Waals surface area contributed by atoms with Crippen molar-refractivity contribution in [3.05, 3.63) is 17.0 Å². The molecule has 0 aliphatic carbocycles. The summed E-state index contributed by atoms with van der Waals surface area (Å²) in [6, 6.07) is 0. The lowest BCUT2D eigenvalue weighted by Crippen LogP contribution is -2.29. The number of hydrogen-bond donors (Lipinski definition) is 0. The first-order valence-electron chi connectivity index (χ1n) is 5.18. The first kappa shape index (κ1) is 13.1. The molecule has 0 aliphatic rings. The number of carbonyl (C=O) groups is 1. The average Bonchev–Trinajstić information content (AvgIpc) is 2.54. The van der Waals surface area contributed by atoms with Gasteiger partial charge in [0.05, 0.1) is 10.9 Å². The van der Waals surface area contributed by atoms with Crippen molar-refractivity contribution in [1.29, 1.82) is 0 Å². The number of carbonyl (C=O) groups excluding carboxylic acids is 1. The highest BCUT2D eigenvalue weighted by molar-refractivity contribution is 7.99. The Morgan fingerprint density at radius 3 is 2.56 bits per heavy atom. The summed E-state index contributed by atoms with van der Waals surface area (Å²) in [5.41, 5.74) is 2.01. The standard InChI is InChI=1S/C11H18N2O2S/c1-7-10(8(2)15-12-7)6-16-9(3)11(14)13(4)5/h9H,6H2,1-5H3/t9-/m0/s1. The third-order valence-electron chi connectivity index (χ3n) is 2.45. The van der Waals surface area contributed by atoms with E-state index in [1.807, 2.05) is 20.8 Å². The highest BCUT2D eigenvalue weighted by Crippen LogP contribution is 2.23. The molecule has 1 atom stereocenters. The summed E-state index contributed by atoms with van der Waals surface area (Å²) in [6.45, 7) is 5.74. The van der Waals surface area contributed by atoms with E-state index in [2.05, 4.69) is 5.16 Å². The van der Waals surface area contributed by atoms with Gasteiger partial charge in [0.1, 0.15) is 5.76 Å². The van der Waals surface area contributed by atoms with Crippen LogP contribution in [0.5, 0.6) is 0 Å². The Morgan fingerprint density at radius 1 is 1.50 bits per heavy atom. The molecule has 1 rings (SSSR count). The first-order chi connectivity index (χ1) is 7.43. The summed E-state index contributed by atoms with van der Waals surface area (Å²) in [4.78, 5) is 13.3. The highest BCUT2D eigenvalue weighted by Gasteiger charge is 2.17. The monoisotopic (exact) mass is 242 g/mol. The van der Waals surface area contributed by atoms with Crippen LogP contribution < -0.4 is 0 Å². The van der Waals surface area contributed by atoms with Gasteiger partial charge in [-0.25, -0.2) is 0 Å². The minimum atomic E-state index is -0.0382. The van der Waals surface area contributed by atoms with Crippen LogP contribution in [0.4, 0.5) is 0 Å². The molecule has 0 bridgehead atoms. The van der Waals surface area contributed by atoms with Crippen molar-refractivity contribution in [3.8, 4) is 0 Å². The predicted molar refractivity (Wildman–Crippen MR) is 65.4 cm³/mol. The molecular weight excluding hydrogens is 224 g/mol. The normalized spacial score (nSPS) is 12.6. The molecule has 5 heteroatoms. The summed E-state index contributed by atoms with van der Waals surface area (Å²) in [5, 5.41) is 3.85. The molecule has 1 aromatic heterocycles. The van der Waals surface area contributed by atoms with Crippen LogP contribution in [0.3, 0.4) is 0 Å². The van der Waals surface area contributed by atoms with E-state index in [1.54, 1.807) is 30.8 Å². The van der Waals surface area contributed by atoms with Gasteiger partial charge in [-0.15, -0.1) is 11.8 Å². The molecule has 0 aromatic carbocycles. The Hall–Kier alpha value is -0.970. The van der Waals surface area contributed by atoms with Crippen LogP contribution in [0.25, 0.3) is 0 Å². The maximum Gasteiger partial charge on any atom is 0.234 e. The Balaban J connectivity index is 2.55. The molecule has 0 spiro atoms. The van der Waals surface area contributed by atoms with Crippen molar-refractivity contribution in [3.63, 3.8) is 0 Å². The van der Waals surface area contributed by atoms with Crippen molar-refractivity contribution in [2.45, 2.75) is 31.8 Å². The molecule has 0 fully saturated rings. The van der Waals surface area contributed by atoms with E-state index in [4.69, 9.17) is 4.52 Å². The second-order valence-corrected chi connectivity index (χ2v) is 5.32. The summed E-state index contributed by atoms with van der Waals surface area (Å²) < 4.78 is 5.08. The van der Waals surface area contributed by atoms with Crippen molar-refractivity contribution in [2.24, 2.45) is 0 Å². The maximum atomic E-state index is 11.6. The van der Waals surface area contributed by atoms with Crippen molar-refractivity contribution in [1.82, 2.24) is 10.1 Å². The summed E-state index contributed by atoms with van der Waals surface area (Å²) >= 11 is 1.61. The van der Waals surface area contributed by atoms with E-state index in [0.29, 0.717) is 0 Å². The van der Waals surface area contributed by atoms with E-state index in [0.717, 1.165) is 22.8 Å². The fourth-order valence-electron chi connectivity index (χ4n) is 1.35. The summed E-state index contributed by atoms with van der Waals surface area (Å²) in [7, 11) is 3.55. The fraction of sp³-hybridized carbons (Fsp3) is 0.636. The van der Waals surface area contributed by atoms with E-state index in [1.165, 1.54) is 0 Å². The number of rotatable bonds is 4. The van der Waals surface area contributed by atoms with Gasteiger partial charge in [-0.3, -0.25) is 4.79 Å². The predicted octanol–water partition coefficient (Wildman–Crippen LogP) is 2.00. The van der Waals surface area contributed by atoms with Crippen LogP contribution in [-0.4, -0.2) is 35.3 Å². The molecule has 16 heavy (non-hydrogen) atoms. The third kappa shape index (κ3) is 3.01. The average molecular weight is 242 g/mol. The molecule has 4 nitrogen and oxygen atoms in total. The quantitative estimate of drug-likeness (QED) is 0.810. The minimum Gasteiger partial charge on any atom is -0.361 e. The molecule has 1 aromatic rings. The van der Waals surface area contributed by atoms with Gasteiger partial charge in [0, 0.05) is 25.4 Å². The van der Waals surface area contributed by atoms with Crippen LogP contribution in [0.1, 0.15) is 23.9 Å². The Labute approximate surface area is 100 Å². The number of hydrogen-bond acceptors (Lipinski definition) is 4. The van der Waals surface area contributed by atoms with Gasteiger partial charge in [-0.2, -0.15) is 0 Å². The van der Waals surface area contributed by atoms with Crippen molar-refractivity contribution < 1.29 is 9.32 Å². The Kier molecular flexibility index (Phi) is 4.41. The lowest BCUT2D eigenvalue weighted by atomic mass is 10.2. The van der Waals surface area contributed by atoms with Gasteiger partial charge in [-0.1, -0.05) is 5.16 Å². The van der Waals surface area contributed by atoms with Crippen molar-refractivity contribution >= 4 is 17.7 Å². The van der Waals surface area contributed by atoms with Gasteiger partial charge in [-0.05, 0) is 20.8 Å². The molecule has 1 heterocycles. The molecular formula is C11H18N2O2S. The summed E-state index contributed by atoms with van der Waals surface area (Å²) in [5.74, 6) is 1.74. The SMILES string of the molecule is Cc1noc(C)c1CS[C@@H](C)C(=O)N(C)C. The zero-order valence-electron chi connectivity index (χ0n) is 10.4. The van der Waals surface area contributed by atoms with Crippen LogP contribution >= 0.6 is 11.8 Å². The molecule has 0 aliphatic heterocycles. The van der Waals surface area contributed by atoms with E-state index < -0.39 is 0 Å². The molecule has 90 valence electrons. The van der Waals surface area contributed by atoms with E-state index >= 15 is 0 Å². The topological polar surface area (TPSA) is 46.3 Å². The molecule has 0 radical (unpaired) electrons. The van der Waals surface area contributed by atoms with Crippen molar-refractivity contribution in [2.75, 3.05) is 14.1 Å². The smallest absolute Gasteiger partial charge is 0.234 e. The van der Waals surface area contributed by atoms with Gasteiger partial charge < -0.3 is 9.42 Å². The van der Waals surface area contributed by atoms with Gasteiger partial charge in [0.15, 0.2) is 0 Å². The molecule has 0 N–H and O–H groups in total. The second-order valence-electron chi connectivity index (χ2n) is 3.99. The number of nitrogens with zero attached hydrogens (tertiary/aromatic N) is 2. The lowest BCUT2D eigenvalue weighted by Gasteiger charge is -2.16. The van der Waals surface area contributed by atoms with Gasteiger partial charge in [0.25, 0.3) is 0 Å². The maximum absolute atomic E-state index is 11.6. The molecule has 0 saturated heterocycles. The zero-order chi connectivity index (χ0) is 12.3. The summed E-state index contributed by atoms with van der Waals surface area (Å²) in [6.07, 6.45) is 0. The van der Waals surface area contributed by atoms with E-state index in [-0.39, 0.29) is 11.2 Å². The Bertz CT molecular complexity index is 355. The van der Waals surface area contributed by atoms with Crippen LogP contribution in [0, 0.1) is 13.8 Å². The molecule has 0 unspecified atom stereocenters.